The Hall–Kier alpha value is -1.30. The molecule has 0 unspecified atom stereocenters. The van der Waals surface area contributed by atoms with E-state index in [0.717, 1.165) is 12.8 Å². The van der Waals surface area contributed by atoms with Crippen molar-refractivity contribution >= 4 is 5.91 Å². The van der Waals surface area contributed by atoms with Crippen molar-refractivity contribution in [3.05, 3.63) is 17.5 Å². The summed E-state index contributed by atoms with van der Waals surface area (Å²) in [5, 5.41) is 2.69. The third-order valence-corrected chi connectivity index (χ3v) is 1.36. The molecule has 0 aromatic heterocycles. The van der Waals surface area contributed by atoms with E-state index in [0.29, 0.717) is 6.54 Å². The van der Waals surface area contributed by atoms with Gasteiger partial charge in [0, 0.05) is 27.3 Å². The first-order valence-corrected chi connectivity index (χ1v) is 4.81. The SMILES string of the molecule is C=CC(=O)NCCCC#[N+]C(C)(C)C. The number of amides is 1. The first kappa shape index (κ1) is 12.7. The number of rotatable bonds is 4. The molecule has 0 fully saturated rings. The zero-order valence-corrected chi connectivity index (χ0v) is 9.26. The van der Waals surface area contributed by atoms with Crippen LogP contribution >= 0.6 is 0 Å². The van der Waals surface area contributed by atoms with Gasteiger partial charge in [0.05, 0.1) is 6.42 Å². The summed E-state index contributed by atoms with van der Waals surface area (Å²) >= 11 is 0. The van der Waals surface area contributed by atoms with Crippen molar-refractivity contribution < 1.29 is 4.79 Å². The molecule has 0 saturated heterocycles. The highest BCUT2D eigenvalue weighted by molar-refractivity contribution is 5.86. The predicted octanol–water partition coefficient (Wildman–Crippen LogP) is 2.20. The lowest BCUT2D eigenvalue weighted by Crippen LogP contribution is -2.21. The van der Waals surface area contributed by atoms with Crippen molar-refractivity contribution in [1.82, 2.24) is 5.32 Å². The summed E-state index contributed by atoms with van der Waals surface area (Å²) in [6.45, 7) is 10.1. The number of nitrogens with zero attached hydrogens (tertiary/aromatic N) is 1. The van der Waals surface area contributed by atoms with Crippen LogP contribution in [0.25, 0.3) is 4.85 Å². The lowest BCUT2D eigenvalue weighted by Gasteiger charge is -1.96. The molecule has 3 heteroatoms. The molecule has 0 atom stereocenters. The summed E-state index contributed by atoms with van der Waals surface area (Å²) in [6, 6.07) is 2.96. The number of unbranched alkanes of at least 4 members (excludes halogenated alkanes) is 1. The van der Waals surface area contributed by atoms with Crippen molar-refractivity contribution in [1.29, 1.82) is 0 Å². The maximum atomic E-state index is 10.7. The third kappa shape index (κ3) is 8.79. The Morgan fingerprint density at radius 2 is 2.21 bits per heavy atom. The molecular weight excluding hydrogens is 176 g/mol. The molecule has 0 aromatic rings. The van der Waals surface area contributed by atoms with Crippen molar-refractivity contribution in [2.45, 2.75) is 39.2 Å². The summed E-state index contributed by atoms with van der Waals surface area (Å²) in [5.41, 5.74) is -0.0512. The molecule has 1 amide bonds. The van der Waals surface area contributed by atoms with E-state index in [1.165, 1.54) is 6.08 Å². The maximum Gasteiger partial charge on any atom is 0.273 e. The molecule has 0 rings (SSSR count). The number of carbonyl (C=O) groups excluding carboxylic acids is 1. The maximum absolute atomic E-state index is 10.7. The molecule has 0 spiro atoms. The van der Waals surface area contributed by atoms with E-state index in [2.05, 4.69) is 22.8 Å². The van der Waals surface area contributed by atoms with Crippen LogP contribution in [0.15, 0.2) is 12.7 Å². The normalized spacial score (nSPS) is 9.93. The van der Waals surface area contributed by atoms with Gasteiger partial charge in [0.15, 0.2) is 0 Å². The van der Waals surface area contributed by atoms with Crippen LogP contribution < -0.4 is 5.32 Å². The van der Waals surface area contributed by atoms with Gasteiger partial charge in [-0.05, 0) is 12.5 Å². The molecule has 14 heavy (non-hydrogen) atoms. The van der Waals surface area contributed by atoms with Crippen molar-refractivity contribution in [3.8, 4) is 6.07 Å². The number of carbonyl (C=O) groups is 1. The summed E-state index contributed by atoms with van der Waals surface area (Å²) in [6.07, 6.45) is 2.90. The zero-order chi connectivity index (χ0) is 11.0. The molecule has 0 aliphatic heterocycles. The number of hydrogen-bond acceptors (Lipinski definition) is 1. The molecule has 0 aromatic carbocycles. The molecule has 3 nitrogen and oxygen atoms in total. The highest BCUT2D eigenvalue weighted by Crippen LogP contribution is 2.05. The van der Waals surface area contributed by atoms with Crippen LogP contribution in [0, 0.1) is 6.07 Å². The quantitative estimate of drug-likeness (QED) is 0.541. The largest absolute Gasteiger partial charge is 0.353 e. The van der Waals surface area contributed by atoms with E-state index in [9.17, 15) is 4.79 Å². The van der Waals surface area contributed by atoms with E-state index in [1.54, 1.807) is 0 Å². The van der Waals surface area contributed by atoms with Gasteiger partial charge in [-0.1, -0.05) is 11.4 Å². The highest BCUT2D eigenvalue weighted by Gasteiger charge is 2.18. The number of hydrogen-bond donors (Lipinski definition) is 1. The second-order valence-electron chi connectivity index (χ2n) is 4.04. The van der Waals surface area contributed by atoms with Crippen molar-refractivity contribution in [3.63, 3.8) is 0 Å². The molecule has 0 saturated carbocycles. The summed E-state index contributed by atoms with van der Waals surface area (Å²) in [4.78, 5) is 14.9. The van der Waals surface area contributed by atoms with Crippen molar-refractivity contribution in [2.24, 2.45) is 0 Å². The topological polar surface area (TPSA) is 33.5 Å². The highest BCUT2D eigenvalue weighted by atomic mass is 16.1. The van der Waals surface area contributed by atoms with E-state index in [1.807, 2.05) is 20.8 Å². The van der Waals surface area contributed by atoms with Crippen molar-refractivity contribution in [2.75, 3.05) is 6.54 Å². The Labute approximate surface area is 86.0 Å². The van der Waals surface area contributed by atoms with Gasteiger partial charge in [-0.25, -0.2) is 0 Å². The zero-order valence-electron chi connectivity index (χ0n) is 9.26. The van der Waals surface area contributed by atoms with Crippen LogP contribution in [-0.2, 0) is 4.79 Å². The standard InChI is InChI=1S/C11H18N2O/c1-5-10(14)12-8-6-7-9-13-11(2,3)4/h5H,1,6-8H2,2-4H3/p+1. The lowest BCUT2D eigenvalue weighted by molar-refractivity contribution is -0.116. The third-order valence-electron chi connectivity index (χ3n) is 1.36. The van der Waals surface area contributed by atoms with E-state index >= 15 is 0 Å². The first-order chi connectivity index (χ1) is 6.45. The smallest absolute Gasteiger partial charge is 0.273 e. The van der Waals surface area contributed by atoms with Crippen LogP contribution in [0.2, 0.25) is 0 Å². The Morgan fingerprint density at radius 1 is 1.57 bits per heavy atom. The molecule has 0 heterocycles. The van der Waals surface area contributed by atoms with Gasteiger partial charge in [-0.2, -0.15) is 0 Å². The van der Waals surface area contributed by atoms with Gasteiger partial charge in [-0.15, -0.1) is 0 Å². The van der Waals surface area contributed by atoms with Crippen LogP contribution in [-0.4, -0.2) is 18.0 Å². The fraction of sp³-hybridized carbons (Fsp3) is 0.636. The van der Waals surface area contributed by atoms with Gasteiger partial charge >= 0.3 is 0 Å². The predicted molar refractivity (Wildman–Crippen MR) is 59.4 cm³/mol. The molecule has 1 N–H and O–H groups in total. The molecule has 0 aliphatic carbocycles. The van der Waals surface area contributed by atoms with Crippen LogP contribution in [0.5, 0.6) is 0 Å². The first-order valence-electron chi connectivity index (χ1n) is 4.81. The van der Waals surface area contributed by atoms with Crippen LogP contribution in [0.3, 0.4) is 0 Å². The average molecular weight is 195 g/mol. The Bertz CT molecular complexity index is 253. The molecule has 0 aliphatic rings. The fourth-order valence-electron chi connectivity index (χ4n) is 0.744. The van der Waals surface area contributed by atoms with Gasteiger partial charge < -0.3 is 5.32 Å². The fourth-order valence-corrected chi connectivity index (χ4v) is 0.744. The molecular formula is C11H19N2O+. The lowest BCUT2D eigenvalue weighted by atomic mass is 10.1. The molecule has 78 valence electrons. The second-order valence-corrected chi connectivity index (χ2v) is 4.04. The summed E-state index contributed by atoms with van der Waals surface area (Å²) < 4.78 is 0. The van der Waals surface area contributed by atoms with Gasteiger partial charge in [-0.3, -0.25) is 4.79 Å². The van der Waals surface area contributed by atoms with Gasteiger partial charge in [0.25, 0.3) is 11.6 Å². The second kappa shape index (κ2) is 6.20. The minimum atomic E-state index is -0.127. The minimum absolute atomic E-state index is 0.0512. The summed E-state index contributed by atoms with van der Waals surface area (Å²) in [5.74, 6) is -0.127. The molecule has 0 radical (unpaired) electrons. The Kier molecular flexibility index (Phi) is 5.62. The van der Waals surface area contributed by atoms with E-state index in [-0.39, 0.29) is 11.4 Å². The Balaban J connectivity index is 3.51. The molecule has 0 bridgehead atoms. The van der Waals surface area contributed by atoms with Gasteiger partial charge in [0.1, 0.15) is 0 Å². The van der Waals surface area contributed by atoms with E-state index in [4.69, 9.17) is 0 Å². The monoisotopic (exact) mass is 195 g/mol. The van der Waals surface area contributed by atoms with Crippen LogP contribution in [0.4, 0.5) is 0 Å². The minimum Gasteiger partial charge on any atom is -0.353 e. The average Bonchev–Trinajstić information content (AvgIpc) is 2.08. The van der Waals surface area contributed by atoms with Crippen LogP contribution in [0.1, 0.15) is 33.6 Å². The Morgan fingerprint density at radius 3 is 2.71 bits per heavy atom. The summed E-state index contributed by atoms with van der Waals surface area (Å²) in [7, 11) is 0. The van der Waals surface area contributed by atoms with E-state index < -0.39 is 0 Å². The number of nitrogens with one attached hydrogen (secondary N) is 1. The van der Waals surface area contributed by atoms with Gasteiger partial charge in [0.2, 0.25) is 5.91 Å².